The van der Waals surface area contributed by atoms with Crippen LogP contribution in [0.25, 0.3) is 0 Å². The number of carbonyl (C=O) groups is 2. The van der Waals surface area contributed by atoms with Crippen molar-refractivity contribution in [1.82, 2.24) is 4.90 Å². The Morgan fingerprint density at radius 3 is 2.24 bits per heavy atom. The SMILES string of the molecule is COC(=O)CN(CC(=O)OC)CC1CCOC1. The van der Waals surface area contributed by atoms with Gasteiger partial charge in [0.15, 0.2) is 0 Å². The van der Waals surface area contributed by atoms with Crippen molar-refractivity contribution in [3.05, 3.63) is 0 Å². The van der Waals surface area contributed by atoms with Gasteiger partial charge in [-0.1, -0.05) is 0 Å². The molecule has 1 atom stereocenters. The summed E-state index contributed by atoms with van der Waals surface area (Å²) >= 11 is 0. The molecule has 98 valence electrons. The zero-order valence-electron chi connectivity index (χ0n) is 10.3. The van der Waals surface area contributed by atoms with Crippen LogP contribution < -0.4 is 0 Å². The van der Waals surface area contributed by atoms with Crippen LogP contribution in [0.3, 0.4) is 0 Å². The molecule has 6 nitrogen and oxygen atoms in total. The number of hydrogen-bond acceptors (Lipinski definition) is 6. The Morgan fingerprint density at radius 1 is 1.24 bits per heavy atom. The second-order valence-corrected chi connectivity index (χ2v) is 4.05. The number of nitrogens with zero attached hydrogens (tertiary/aromatic N) is 1. The lowest BCUT2D eigenvalue weighted by atomic mass is 10.1. The Bertz CT molecular complexity index is 245. The number of hydrogen-bond donors (Lipinski definition) is 0. The molecule has 0 amide bonds. The summed E-state index contributed by atoms with van der Waals surface area (Å²) in [4.78, 5) is 24.2. The van der Waals surface area contributed by atoms with Gasteiger partial charge in [0, 0.05) is 13.2 Å². The third-order valence-corrected chi connectivity index (χ3v) is 2.70. The van der Waals surface area contributed by atoms with E-state index in [-0.39, 0.29) is 25.0 Å². The van der Waals surface area contributed by atoms with E-state index in [4.69, 9.17) is 4.74 Å². The van der Waals surface area contributed by atoms with E-state index < -0.39 is 0 Å². The summed E-state index contributed by atoms with van der Waals surface area (Å²) < 4.78 is 14.5. The molecule has 1 fully saturated rings. The molecule has 0 spiro atoms. The largest absolute Gasteiger partial charge is 0.468 e. The molecule has 0 aromatic heterocycles. The maximum atomic E-state index is 11.2. The lowest BCUT2D eigenvalue weighted by Gasteiger charge is -2.22. The summed E-state index contributed by atoms with van der Waals surface area (Å²) in [6.45, 7) is 2.27. The lowest BCUT2D eigenvalue weighted by Crippen LogP contribution is -2.39. The normalized spacial score (nSPS) is 19.4. The highest BCUT2D eigenvalue weighted by Gasteiger charge is 2.22. The third-order valence-electron chi connectivity index (χ3n) is 2.70. The van der Waals surface area contributed by atoms with Crippen molar-refractivity contribution in [1.29, 1.82) is 0 Å². The second-order valence-electron chi connectivity index (χ2n) is 4.05. The first-order valence-electron chi connectivity index (χ1n) is 5.59. The molecule has 0 bridgehead atoms. The zero-order chi connectivity index (χ0) is 12.7. The Labute approximate surface area is 101 Å². The van der Waals surface area contributed by atoms with Gasteiger partial charge >= 0.3 is 11.9 Å². The molecule has 0 aliphatic carbocycles. The molecular formula is C11H19NO5. The van der Waals surface area contributed by atoms with E-state index in [1.165, 1.54) is 14.2 Å². The predicted molar refractivity (Wildman–Crippen MR) is 59.4 cm³/mol. The summed E-state index contributed by atoms with van der Waals surface area (Å²) in [6, 6.07) is 0. The van der Waals surface area contributed by atoms with Gasteiger partial charge in [-0.05, 0) is 12.3 Å². The lowest BCUT2D eigenvalue weighted by molar-refractivity contribution is -0.145. The molecule has 0 aromatic rings. The molecule has 17 heavy (non-hydrogen) atoms. The number of rotatable bonds is 6. The van der Waals surface area contributed by atoms with E-state index in [2.05, 4.69) is 9.47 Å². The molecule has 1 unspecified atom stereocenters. The minimum absolute atomic E-state index is 0.0993. The fourth-order valence-corrected chi connectivity index (χ4v) is 1.77. The summed E-state index contributed by atoms with van der Waals surface area (Å²) in [6.07, 6.45) is 0.957. The van der Waals surface area contributed by atoms with Gasteiger partial charge in [-0.2, -0.15) is 0 Å². The summed E-state index contributed by atoms with van der Waals surface area (Å²) in [5.41, 5.74) is 0. The first-order valence-corrected chi connectivity index (χ1v) is 5.59. The average Bonchev–Trinajstić information content (AvgIpc) is 2.81. The Kier molecular flexibility index (Phi) is 5.93. The van der Waals surface area contributed by atoms with E-state index in [1.54, 1.807) is 4.90 Å². The fourth-order valence-electron chi connectivity index (χ4n) is 1.77. The van der Waals surface area contributed by atoms with E-state index in [0.29, 0.717) is 19.1 Å². The van der Waals surface area contributed by atoms with Crippen LogP contribution in [0.2, 0.25) is 0 Å². The Hall–Kier alpha value is -1.14. The van der Waals surface area contributed by atoms with E-state index in [0.717, 1.165) is 13.0 Å². The van der Waals surface area contributed by atoms with Crippen LogP contribution in [0.15, 0.2) is 0 Å². The predicted octanol–water partition coefficient (Wildman–Crippen LogP) is -0.329. The topological polar surface area (TPSA) is 65.1 Å². The quantitative estimate of drug-likeness (QED) is 0.597. The maximum Gasteiger partial charge on any atom is 0.319 e. The molecular weight excluding hydrogens is 226 g/mol. The van der Waals surface area contributed by atoms with Crippen LogP contribution >= 0.6 is 0 Å². The smallest absolute Gasteiger partial charge is 0.319 e. The van der Waals surface area contributed by atoms with Crippen LogP contribution in [-0.4, -0.2) is 63.9 Å². The van der Waals surface area contributed by atoms with E-state index >= 15 is 0 Å². The average molecular weight is 245 g/mol. The van der Waals surface area contributed by atoms with Gasteiger partial charge in [0.1, 0.15) is 0 Å². The van der Waals surface area contributed by atoms with Crippen LogP contribution in [0.4, 0.5) is 0 Å². The molecule has 1 aliphatic heterocycles. The first-order chi connectivity index (χ1) is 8.15. The third kappa shape index (κ3) is 5.14. The van der Waals surface area contributed by atoms with Crippen molar-refractivity contribution in [3.63, 3.8) is 0 Å². The summed E-state index contributed by atoms with van der Waals surface area (Å²) in [5.74, 6) is -0.343. The van der Waals surface area contributed by atoms with Crippen LogP contribution in [0.5, 0.6) is 0 Å². The van der Waals surface area contributed by atoms with Crippen molar-refractivity contribution in [2.75, 3.05) is 47.1 Å². The standard InChI is InChI=1S/C11H19NO5/c1-15-10(13)6-12(7-11(14)16-2)5-9-3-4-17-8-9/h9H,3-8H2,1-2H3. The van der Waals surface area contributed by atoms with Crippen molar-refractivity contribution < 1.29 is 23.8 Å². The van der Waals surface area contributed by atoms with Gasteiger partial charge in [-0.3, -0.25) is 14.5 Å². The monoisotopic (exact) mass is 245 g/mol. The molecule has 0 N–H and O–H groups in total. The van der Waals surface area contributed by atoms with Gasteiger partial charge in [0.05, 0.1) is 33.9 Å². The highest BCUT2D eigenvalue weighted by molar-refractivity contribution is 5.74. The second kappa shape index (κ2) is 7.24. The van der Waals surface area contributed by atoms with Crippen molar-refractivity contribution >= 4 is 11.9 Å². The number of ether oxygens (including phenoxy) is 3. The van der Waals surface area contributed by atoms with E-state index in [9.17, 15) is 9.59 Å². The highest BCUT2D eigenvalue weighted by Crippen LogP contribution is 2.13. The summed E-state index contributed by atoms with van der Waals surface area (Å²) in [7, 11) is 2.66. The Morgan fingerprint density at radius 2 is 1.82 bits per heavy atom. The van der Waals surface area contributed by atoms with Gasteiger partial charge in [0.25, 0.3) is 0 Å². The molecule has 0 radical (unpaired) electrons. The molecule has 1 saturated heterocycles. The van der Waals surface area contributed by atoms with Gasteiger partial charge in [0.2, 0.25) is 0 Å². The maximum absolute atomic E-state index is 11.2. The summed E-state index contributed by atoms with van der Waals surface area (Å²) in [5, 5.41) is 0. The molecule has 0 aromatic carbocycles. The van der Waals surface area contributed by atoms with E-state index in [1.807, 2.05) is 0 Å². The number of esters is 2. The Balaban J connectivity index is 2.44. The number of carbonyl (C=O) groups excluding carboxylic acids is 2. The van der Waals surface area contributed by atoms with Crippen LogP contribution in [0, 0.1) is 5.92 Å². The van der Waals surface area contributed by atoms with Crippen molar-refractivity contribution in [3.8, 4) is 0 Å². The zero-order valence-corrected chi connectivity index (χ0v) is 10.3. The van der Waals surface area contributed by atoms with Crippen molar-refractivity contribution in [2.24, 2.45) is 5.92 Å². The molecule has 1 aliphatic rings. The molecule has 6 heteroatoms. The highest BCUT2D eigenvalue weighted by atomic mass is 16.5. The first kappa shape index (κ1) is 13.9. The molecule has 1 rings (SSSR count). The van der Waals surface area contributed by atoms with Crippen LogP contribution in [0.1, 0.15) is 6.42 Å². The van der Waals surface area contributed by atoms with Crippen LogP contribution in [-0.2, 0) is 23.8 Å². The minimum Gasteiger partial charge on any atom is -0.468 e. The fraction of sp³-hybridized carbons (Fsp3) is 0.818. The minimum atomic E-state index is -0.354. The molecule has 0 saturated carbocycles. The van der Waals surface area contributed by atoms with Gasteiger partial charge in [-0.15, -0.1) is 0 Å². The molecule has 1 heterocycles. The number of methoxy groups -OCH3 is 2. The van der Waals surface area contributed by atoms with Gasteiger partial charge in [-0.25, -0.2) is 0 Å². The van der Waals surface area contributed by atoms with Crippen molar-refractivity contribution in [2.45, 2.75) is 6.42 Å². The van der Waals surface area contributed by atoms with Gasteiger partial charge < -0.3 is 14.2 Å².